The van der Waals surface area contributed by atoms with Crippen LogP contribution < -0.4 is 10.1 Å². The minimum Gasteiger partial charge on any atom is -0.491 e. The summed E-state index contributed by atoms with van der Waals surface area (Å²) in [5.41, 5.74) is 2.14. The molecular weight excluding hydrogens is 324 g/mol. The van der Waals surface area contributed by atoms with Gasteiger partial charge in [0, 0.05) is 23.3 Å². The lowest BCUT2D eigenvalue weighted by atomic mass is 10.1. The highest BCUT2D eigenvalue weighted by atomic mass is 35.5. The van der Waals surface area contributed by atoms with Crippen LogP contribution in [-0.4, -0.2) is 43.4 Å². The first-order valence-electron chi connectivity index (χ1n) is 8.01. The molecule has 0 bridgehead atoms. The number of aliphatic hydroxyl groups excluding tert-OH is 1. The van der Waals surface area contributed by atoms with Gasteiger partial charge in [0.25, 0.3) is 0 Å². The smallest absolute Gasteiger partial charge is 0.119 e. The molecule has 0 aliphatic rings. The standard InChI is InChI=1S/C19H25ClN2O2/c1-14(15-5-4-6-16(20)11-15)21-17-7-9-19(10-8-17)24-13-18(23)12-22(2)3/h4-11,14,18,21,23H,12-13H2,1-3H3. The van der Waals surface area contributed by atoms with E-state index in [1.807, 2.05) is 67.5 Å². The Labute approximate surface area is 149 Å². The maximum Gasteiger partial charge on any atom is 0.119 e. The fourth-order valence-corrected chi connectivity index (χ4v) is 2.62. The van der Waals surface area contributed by atoms with Crippen molar-refractivity contribution < 1.29 is 9.84 Å². The number of ether oxygens (including phenoxy) is 1. The van der Waals surface area contributed by atoms with E-state index in [4.69, 9.17) is 16.3 Å². The van der Waals surface area contributed by atoms with Crippen LogP contribution in [0.5, 0.6) is 5.75 Å². The summed E-state index contributed by atoms with van der Waals surface area (Å²) in [5, 5.41) is 14.0. The van der Waals surface area contributed by atoms with Gasteiger partial charge in [-0.25, -0.2) is 0 Å². The van der Waals surface area contributed by atoms with Gasteiger partial charge in [0.15, 0.2) is 0 Å². The largest absolute Gasteiger partial charge is 0.491 e. The van der Waals surface area contributed by atoms with Gasteiger partial charge in [0.1, 0.15) is 18.5 Å². The molecule has 0 aromatic heterocycles. The van der Waals surface area contributed by atoms with Crippen LogP contribution in [0.15, 0.2) is 48.5 Å². The second kappa shape index (κ2) is 8.92. The zero-order chi connectivity index (χ0) is 17.5. The number of hydrogen-bond acceptors (Lipinski definition) is 4. The molecule has 2 atom stereocenters. The Kier molecular flexibility index (Phi) is 6.91. The van der Waals surface area contributed by atoms with E-state index in [0.29, 0.717) is 6.54 Å². The molecule has 4 nitrogen and oxygen atoms in total. The lowest BCUT2D eigenvalue weighted by Crippen LogP contribution is -2.30. The second-order valence-corrected chi connectivity index (χ2v) is 6.61. The van der Waals surface area contributed by atoms with Gasteiger partial charge in [-0.2, -0.15) is 0 Å². The van der Waals surface area contributed by atoms with Crippen LogP contribution in [0.1, 0.15) is 18.5 Å². The Morgan fingerprint density at radius 2 is 1.88 bits per heavy atom. The maximum absolute atomic E-state index is 9.81. The molecule has 0 saturated carbocycles. The molecule has 2 aromatic rings. The molecule has 0 spiro atoms. The molecule has 0 radical (unpaired) electrons. The van der Waals surface area contributed by atoms with Crippen LogP contribution in [0.2, 0.25) is 5.02 Å². The van der Waals surface area contributed by atoms with Crippen molar-refractivity contribution in [2.75, 3.05) is 32.6 Å². The lowest BCUT2D eigenvalue weighted by Gasteiger charge is -2.18. The van der Waals surface area contributed by atoms with Crippen LogP contribution in [-0.2, 0) is 0 Å². The summed E-state index contributed by atoms with van der Waals surface area (Å²) in [4.78, 5) is 1.93. The number of benzene rings is 2. The van der Waals surface area contributed by atoms with Crippen molar-refractivity contribution in [1.29, 1.82) is 0 Å². The Morgan fingerprint density at radius 3 is 2.50 bits per heavy atom. The van der Waals surface area contributed by atoms with Gasteiger partial charge < -0.3 is 20.1 Å². The van der Waals surface area contributed by atoms with Crippen molar-refractivity contribution in [3.63, 3.8) is 0 Å². The Morgan fingerprint density at radius 1 is 1.17 bits per heavy atom. The minimum absolute atomic E-state index is 0.150. The molecule has 2 unspecified atom stereocenters. The quantitative estimate of drug-likeness (QED) is 0.761. The Balaban J connectivity index is 1.87. The lowest BCUT2D eigenvalue weighted by molar-refractivity contribution is 0.0831. The first-order valence-corrected chi connectivity index (χ1v) is 8.39. The molecule has 2 rings (SSSR count). The maximum atomic E-state index is 9.81. The van der Waals surface area contributed by atoms with Gasteiger partial charge in [-0.3, -0.25) is 0 Å². The second-order valence-electron chi connectivity index (χ2n) is 6.17. The summed E-state index contributed by atoms with van der Waals surface area (Å²) in [6.45, 7) is 2.95. The van der Waals surface area contributed by atoms with Gasteiger partial charge in [0.2, 0.25) is 0 Å². The van der Waals surface area contributed by atoms with Crippen LogP contribution in [0.3, 0.4) is 0 Å². The summed E-state index contributed by atoms with van der Waals surface area (Å²) in [5.74, 6) is 0.744. The van der Waals surface area contributed by atoms with E-state index in [-0.39, 0.29) is 12.6 Å². The third kappa shape index (κ3) is 6.04. The van der Waals surface area contributed by atoms with E-state index in [0.717, 1.165) is 22.0 Å². The van der Waals surface area contributed by atoms with E-state index < -0.39 is 6.10 Å². The highest BCUT2D eigenvalue weighted by molar-refractivity contribution is 6.30. The molecular formula is C19H25ClN2O2. The Bertz CT molecular complexity index is 632. The average molecular weight is 349 g/mol. The summed E-state index contributed by atoms with van der Waals surface area (Å²) < 4.78 is 5.61. The SMILES string of the molecule is CC(Nc1ccc(OCC(O)CN(C)C)cc1)c1cccc(Cl)c1. The summed E-state index contributed by atoms with van der Waals surface area (Å²) in [6.07, 6.45) is -0.499. The summed E-state index contributed by atoms with van der Waals surface area (Å²) in [6, 6.07) is 15.7. The zero-order valence-electron chi connectivity index (χ0n) is 14.4. The molecule has 0 amide bonds. The van der Waals surface area contributed by atoms with Crippen LogP contribution in [0.25, 0.3) is 0 Å². The number of rotatable bonds is 8. The van der Waals surface area contributed by atoms with Gasteiger partial charge >= 0.3 is 0 Å². The number of aliphatic hydroxyl groups is 1. The number of likely N-dealkylation sites (N-methyl/N-ethyl adjacent to an activating group) is 1. The van der Waals surface area contributed by atoms with E-state index in [1.165, 1.54) is 0 Å². The topological polar surface area (TPSA) is 44.7 Å². The van der Waals surface area contributed by atoms with Gasteiger partial charge in [-0.15, -0.1) is 0 Å². The predicted molar refractivity (Wildman–Crippen MR) is 100.0 cm³/mol. The summed E-state index contributed by atoms with van der Waals surface area (Å²) >= 11 is 6.04. The molecule has 24 heavy (non-hydrogen) atoms. The van der Waals surface area contributed by atoms with Gasteiger partial charge in [-0.05, 0) is 63.0 Å². The molecule has 0 aliphatic heterocycles. The highest BCUT2D eigenvalue weighted by Crippen LogP contribution is 2.23. The first-order chi connectivity index (χ1) is 11.4. The van der Waals surface area contributed by atoms with E-state index in [1.54, 1.807) is 0 Å². The fourth-order valence-electron chi connectivity index (χ4n) is 2.42. The van der Waals surface area contributed by atoms with E-state index in [2.05, 4.69) is 12.2 Å². The molecule has 2 aromatic carbocycles. The van der Waals surface area contributed by atoms with E-state index in [9.17, 15) is 5.11 Å². The number of anilines is 1. The van der Waals surface area contributed by atoms with Crippen LogP contribution >= 0.6 is 11.6 Å². The highest BCUT2D eigenvalue weighted by Gasteiger charge is 2.08. The minimum atomic E-state index is -0.499. The monoisotopic (exact) mass is 348 g/mol. The number of hydrogen-bond donors (Lipinski definition) is 2. The van der Waals surface area contributed by atoms with Crippen molar-refractivity contribution in [2.45, 2.75) is 19.1 Å². The third-order valence-corrected chi connectivity index (χ3v) is 3.84. The molecule has 2 N–H and O–H groups in total. The zero-order valence-corrected chi connectivity index (χ0v) is 15.1. The third-order valence-electron chi connectivity index (χ3n) is 3.60. The molecule has 130 valence electrons. The summed E-state index contributed by atoms with van der Waals surface area (Å²) in [7, 11) is 3.84. The van der Waals surface area contributed by atoms with Gasteiger partial charge in [-0.1, -0.05) is 23.7 Å². The average Bonchev–Trinajstić information content (AvgIpc) is 2.53. The van der Waals surface area contributed by atoms with Crippen molar-refractivity contribution in [3.05, 3.63) is 59.1 Å². The molecule has 0 fully saturated rings. The number of nitrogens with zero attached hydrogens (tertiary/aromatic N) is 1. The van der Waals surface area contributed by atoms with E-state index >= 15 is 0 Å². The molecule has 5 heteroatoms. The van der Waals surface area contributed by atoms with Crippen LogP contribution in [0, 0.1) is 0 Å². The first kappa shape index (κ1) is 18.6. The van der Waals surface area contributed by atoms with Crippen LogP contribution in [0.4, 0.5) is 5.69 Å². The number of halogens is 1. The fraction of sp³-hybridized carbons (Fsp3) is 0.368. The van der Waals surface area contributed by atoms with Crippen molar-refractivity contribution in [1.82, 2.24) is 4.90 Å². The van der Waals surface area contributed by atoms with Crippen molar-refractivity contribution in [3.8, 4) is 5.75 Å². The number of nitrogens with one attached hydrogen (secondary N) is 1. The van der Waals surface area contributed by atoms with Gasteiger partial charge in [0.05, 0.1) is 0 Å². The Hall–Kier alpha value is -1.75. The molecule has 0 aliphatic carbocycles. The molecule has 0 saturated heterocycles. The predicted octanol–water partition coefficient (Wildman–Crippen LogP) is 3.81. The normalized spacial score (nSPS) is 13.6. The molecule has 0 heterocycles. The van der Waals surface area contributed by atoms with Crippen molar-refractivity contribution in [2.24, 2.45) is 0 Å². The van der Waals surface area contributed by atoms with Crippen molar-refractivity contribution >= 4 is 17.3 Å².